The van der Waals surface area contributed by atoms with Crippen molar-refractivity contribution in [2.24, 2.45) is 0 Å². The van der Waals surface area contributed by atoms with Crippen LogP contribution in [-0.2, 0) is 26.5 Å². The molecular weight excluding hydrogens is 390 g/mol. The Morgan fingerprint density at radius 3 is 2.61 bits per heavy atom. The van der Waals surface area contributed by atoms with E-state index in [9.17, 15) is 4.79 Å². The van der Waals surface area contributed by atoms with Crippen LogP contribution in [0.25, 0.3) is 10.8 Å². The number of hydrogen-bond acceptors (Lipinski definition) is 4. The van der Waals surface area contributed by atoms with E-state index in [-0.39, 0.29) is 5.91 Å². The van der Waals surface area contributed by atoms with E-state index in [4.69, 9.17) is 14.2 Å². The minimum Gasteiger partial charge on any atom is -0.492 e. The second-order valence-electron chi connectivity index (χ2n) is 8.08. The molecule has 0 atom stereocenters. The largest absolute Gasteiger partial charge is 0.492 e. The fourth-order valence-corrected chi connectivity index (χ4v) is 4.45. The summed E-state index contributed by atoms with van der Waals surface area (Å²) in [7, 11) is 0. The van der Waals surface area contributed by atoms with Gasteiger partial charge in [-0.3, -0.25) is 4.79 Å². The lowest BCUT2D eigenvalue weighted by Crippen LogP contribution is -2.42. The zero-order valence-corrected chi connectivity index (χ0v) is 17.8. The molecule has 1 amide bonds. The summed E-state index contributed by atoms with van der Waals surface area (Å²) < 4.78 is 17.8. The summed E-state index contributed by atoms with van der Waals surface area (Å²) in [5.41, 5.74) is 2.89. The fourth-order valence-electron chi connectivity index (χ4n) is 4.45. The van der Waals surface area contributed by atoms with Crippen molar-refractivity contribution in [2.75, 3.05) is 31.3 Å². The molecule has 1 fully saturated rings. The number of hydrogen-bond donors (Lipinski definition) is 0. The van der Waals surface area contributed by atoms with E-state index in [1.165, 1.54) is 10.9 Å². The molecule has 2 aliphatic rings. The van der Waals surface area contributed by atoms with E-state index in [0.717, 1.165) is 41.6 Å². The lowest BCUT2D eigenvalue weighted by Gasteiger charge is -2.22. The van der Waals surface area contributed by atoms with Crippen molar-refractivity contribution in [3.05, 3.63) is 71.8 Å². The van der Waals surface area contributed by atoms with Gasteiger partial charge >= 0.3 is 0 Å². The highest BCUT2D eigenvalue weighted by Crippen LogP contribution is 2.46. The Morgan fingerprint density at radius 1 is 1.00 bits per heavy atom. The molecule has 3 aromatic carbocycles. The summed E-state index contributed by atoms with van der Waals surface area (Å²) in [5, 5.41) is 2.31. The van der Waals surface area contributed by atoms with Crippen molar-refractivity contribution in [1.82, 2.24) is 0 Å². The van der Waals surface area contributed by atoms with Crippen LogP contribution < -0.4 is 9.64 Å². The van der Waals surface area contributed by atoms with Gasteiger partial charge in [0.25, 0.3) is 11.7 Å². The average Bonchev–Trinajstić information content (AvgIpc) is 3.38. The van der Waals surface area contributed by atoms with Crippen LogP contribution in [-0.4, -0.2) is 32.3 Å². The number of amides is 1. The van der Waals surface area contributed by atoms with Gasteiger partial charge in [0.05, 0.1) is 25.4 Å². The quantitative estimate of drug-likeness (QED) is 0.554. The second-order valence-corrected chi connectivity index (χ2v) is 8.08. The molecule has 0 unspecified atom stereocenters. The number of ether oxygens (including phenoxy) is 3. The van der Waals surface area contributed by atoms with Gasteiger partial charge in [-0.25, -0.2) is 0 Å². The summed E-state index contributed by atoms with van der Waals surface area (Å²) in [5.74, 6) is -0.654. The molecule has 1 spiro atoms. The number of anilines is 1. The van der Waals surface area contributed by atoms with Gasteiger partial charge in [-0.05, 0) is 53.4 Å². The first kappa shape index (κ1) is 20.0. The highest BCUT2D eigenvalue weighted by atomic mass is 16.7. The number of fused-ring (bicyclic) bond motifs is 3. The Bertz CT molecular complexity index is 1100. The van der Waals surface area contributed by atoms with Gasteiger partial charge in [-0.2, -0.15) is 0 Å². The monoisotopic (exact) mass is 417 g/mol. The van der Waals surface area contributed by atoms with Gasteiger partial charge in [0.15, 0.2) is 0 Å². The van der Waals surface area contributed by atoms with E-state index in [1.807, 2.05) is 36.4 Å². The number of nitrogens with zero attached hydrogens (tertiary/aromatic N) is 1. The van der Waals surface area contributed by atoms with E-state index in [2.05, 4.69) is 31.2 Å². The normalized spacial score (nSPS) is 16.9. The van der Waals surface area contributed by atoms with Crippen LogP contribution in [0.15, 0.2) is 60.7 Å². The Hall–Kier alpha value is -2.89. The summed E-state index contributed by atoms with van der Waals surface area (Å²) in [4.78, 5) is 15.1. The third kappa shape index (κ3) is 3.58. The van der Waals surface area contributed by atoms with Crippen molar-refractivity contribution in [3.63, 3.8) is 0 Å². The van der Waals surface area contributed by atoms with Crippen LogP contribution in [0.1, 0.15) is 30.9 Å². The molecule has 0 radical (unpaired) electrons. The number of aryl methyl sites for hydroxylation is 1. The molecule has 5 rings (SSSR count). The van der Waals surface area contributed by atoms with Crippen LogP contribution >= 0.6 is 0 Å². The minimum atomic E-state index is -1.29. The summed E-state index contributed by atoms with van der Waals surface area (Å²) >= 11 is 0. The number of rotatable bonds is 7. The third-order valence-electron chi connectivity index (χ3n) is 6.05. The number of carbonyl (C=O) groups excluding carboxylic acids is 1. The van der Waals surface area contributed by atoms with Crippen LogP contribution in [0.4, 0.5) is 5.69 Å². The molecule has 0 aliphatic carbocycles. The highest BCUT2D eigenvalue weighted by Gasteiger charge is 2.56. The first-order valence-corrected chi connectivity index (χ1v) is 11.1. The average molecular weight is 418 g/mol. The van der Waals surface area contributed by atoms with Crippen molar-refractivity contribution < 1.29 is 19.0 Å². The molecule has 3 aromatic rings. The topological polar surface area (TPSA) is 48.0 Å². The molecule has 2 aliphatic heterocycles. The molecule has 2 heterocycles. The van der Waals surface area contributed by atoms with Crippen molar-refractivity contribution in [3.8, 4) is 5.75 Å². The smallest absolute Gasteiger partial charge is 0.292 e. The molecule has 5 nitrogen and oxygen atoms in total. The third-order valence-corrected chi connectivity index (χ3v) is 6.05. The van der Waals surface area contributed by atoms with E-state index >= 15 is 0 Å². The maximum atomic E-state index is 13.3. The van der Waals surface area contributed by atoms with Gasteiger partial charge in [0.1, 0.15) is 12.4 Å². The highest BCUT2D eigenvalue weighted by molar-refractivity contribution is 6.06. The van der Waals surface area contributed by atoms with Crippen LogP contribution in [0.5, 0.6) is 5.75 Å². The lowest BCUT2D eigenvalue weighted by molar-refractivity contribution is -0.180. The maximum Gasteiger partial charge on any atom is 0.292 e. The molecule has 0 N–H and O–H groups in total. The molecule has 0 bridgehead atoms. The summed E-state index contributed by atoms with van der Waals surface area (Å²) in [6.45, 7) is 3.84. The number of carbonyl (C=O) groups is 1. The standard InChI is InChI=1S/C26H27NO4/c1-2-3-6-19-9-12-24-23(17-19)26(30-15-16-31-26)25(28)27(24)13-14-29-22-11-10-20-7-4-5-8-21(20)18-22/h4-5,7-12,17-18H,2-3,6,13-16H2,1H3. The number of benzene rings is 3. The Balaban J connectivity index is 1.35. The predicted octanol–water partition coefficient (Wildman–Crippen LogP) is 4.81. The molecule has 0 aromatic heterocycles. The molecule has 1 saturated heterocycles. The van der Waals surface area contributed by atoms with Gasteiger partial charge in [-0.1, -0.05) is 49.7 Å². The molecule has 0 saturated carbocycles. The lowest BCUT2D eigenvalue weighted by atomic mass is 10.0. The van der Waals surface area contributed by atoms with E-state index in [1.54, 1.807) is 4.90 Å². The Morgan fingerprint density at radius 2 is 1.81 bits per heavy atom. The molecule has 160 valence electrons. The van der Waals surface area contributed by atoms with Gasteiger partial charge < -0.3 is 19.1 Å². The maximum absolute atomic E-state index is 13.3. The van der Waals surface area contributed by atoms with Crippen molar-refractivity contribution in [2.45, 2.75) is 32.0 Å². The van der Waals surface area contributed by atoms with Crippen LogP contribution in [0.3, 0.4) is 0 Å². The van der Waals surface area contributed by atoms with Crippen molar-refractivity contribution in [1.29, 1.82) is 0 Å². The summed E-state index contributed by atoms with van der Waals surface area (Å²) in [6.07, 6.45) is 3.23. The zero-order chi connectivity index (χ0) is 21.3. The Labute approximate surface area is 182 Å². The predicted molar refractivity (Wildman–Crippen MR) is 120 cm³/mol. The first-order valence-electron chi connectivity index (χ1n) is 11.1. The van der Waals surface area contributed by atoms with Gasteiger partial charge in [0, 0.05) is 5.56 Å². The van der Waals surface area contributed by atoms with Crippen molar-refractivity contribution >= 4 is 22.4 Å². The van der Waals surface area contributed by atoms with E-state index in [0.29, 0.717) is 26.4 Å². The summed E-state index contributed by atoms with van der Waals surface area (Å²) in [6, 6.07) is 20.4. The molecule has 5 heteroatoms. The SMILES string of the molecule is CCCCc1ccc2c(c1)C1(OCCO1)C(=O)N2CCOc1ccc2ccccc2c1. The second kappa shape index (κ2) is 8.33. The Kier molecular flexibility index (Phi) is 5.38. The van der Waals surface area contributed by atoms with Gasteiger partial charge in [0.2, 0.25) is 0 Å². The number of unbranched alkanes of at least 4 members (excludes halogenated alkanes) is 1. The fraction of sp³-hybridized carbons (Fsp3) is 0.346. The molecular formula is C26H27NO4. The zero-order valence-electron chi connectivity index (χ0n) is 17.8. The minimum absolute atomic E-state index is 0.158. The van der Waals surface area contributed by atoms with Crippen LogP contribution in [0, 0.1) is 0 Å². The van der Waals surface area contributed by atoms with E-state index < -0.39 is 5.79 Å². The van der Waals surface area contributed by atoms with Gasteiger partial charge in [-0.15, -0.1) is 0 Å². The van der Waals surface area contributed by atoms with Crippen LogP contribution in [0.2, 0.25) is 0 Å². The first-order chi connectivity index (χ1) is 15.2. The molecule has 31 heavy (non-hydrogen) atoms.